The highest BCUT2D eigenvalue weighted by atomic mass is 16.5. The molecule has 1 rings (SSSR count). The Labute approximate surface area is 115 Å². The summed E-state index contributed by atoms with van der Waals surface area (Å²) in [5.74, 6) is 0.482. The van der Waals surface area contributed by atoms with Gasteiger partial charge in [0.2, 0.25) is 5.95 Å². The van der Waals surface area contributed by atoms with Crippen molar-refractivity contribution in [1.82, 2.24) is 15.0 Å². The molecule has 0 spiro atoms. The van der Waals surface area contributed by atoms with Gasteiger partial charge in [0.25, 0.3) is 0 Å². The van der Waals surface area contributed by atoms with E-state index in [0.717, 1.165) is 13.0 Å². The summed E-state index contributed by atoms with van der Waals surface area (Å²) in [4.78, 5) is 12.3. The number of methoxy groups -OCH3 is 1. The second-order valence-electron chi connectivity index (χ2n) is 4.22. The first-order valence-electron chi connectivity index (χ1n) is 6.96. The largest absolute Gasteiger partial charge is 0.467 e. The summed E-state index contributed by atoms with van der Waals surface area (Å²) in [5, 5.41) is 3.02. The van der Waals surface area contributed by atoms with Crippen molar-refractivity contribution in [3.63, 3.8) is 0 Å². The molecule has 19 heavy (non-hydrogen) atoms. The number of rotatable bonds is 10. The maximum absolute atomic E-state index is 5.53. The van der Waals surface area contributed by atoms with Crippen LogP contribution in [0.15, 0.2) is 0 Å². The molecule has 0 radical (unpaired) electrons. The Morgan fingerprint density at radius 3 is 2.37 bits per heavy atom. The summed E-state index contributed by atoms with van der Waals surface area (Å²) < 4.78 is 10.6. The Hall–Kier alpha value is -1.59. The van der Waals surface area contributed by atoms with Crippen LogP contribution in [0.4, 0.5) is 5.95 Å². The first kappa shape index (κ1) is 15.5. The summed E-state index contributed by atoms with van der Waals surface area (Å²) in [6.07, 6.45) is 5.98. The van der Waals surface area contributed by atoms with Crippen molar-refractivity contribution < 1.29 is 9.47 Å². The molecule has 6 nitrogen and oxygen atoms in total. The van der Waals surface area contributed by atoms with Crippen LogP contribution >= 0.6 is 0 Å². The molecule has 1 N–H and O–H groups in total. The molecule has 0 aliphatic carbocycles. The van der Waals surface area contributed by atoms with Gasteiger partial charge in [0.1, 0.15) is 0 Å². The number of hydrogen-bond donors (Lipinski definition) is 1. The van der Waals surface area contributed by atoms with E-state index in [1.807, 2.05) is 6.92 Å². The average molecular weight is 268 g/mol. The number of hydrogen-bond acceptors (Lipinski definition) is 6. The lowest BCUT2D eigenvalue weighted by atomic mass is 10.2. The van der Waals surface area contributed by atoms with Gasteiger partial charge in [-0.1, -0.05) is 32.6 Å². The smallest absolute Gasteiger partial charge is 0.324 e. The van der Waals surface area contributed by atoms with Crippen LogP contribution in [0.1, 0.15) is 46.0 Å². The minimum atomic E-state index is 0.270. The summed E-state index contributed by atoms with van der Waals surface area (Å²) in [6.45, 7) is 5.55. The predicted molar refractivity (Wildman–Crippen MR) is 74.8 cm³/mol. The normalized spacial score (nSPS) is 10.3. The molecule has 6 heteroatoms. The Morgan fingerprint density at radius 2 is 1.68 bits per heavy atom. The molecule has 1 aromatic heterocycles. The van der Waals surface area contributed by atoms with Crippen molar-refractivity contribution in [2.45, 2.75) is 46.0 Å². The van der Waals surface area contributed by atoms with Crippen LogP contribution in [0.2, 0.25) is 0 Å². The van der Waals surface area contributed by atoms with Gasteiger partial charge < -0.3 is 14.8 Å². The van der Waals surface area contributed by atoms with E-state index in [-0.39, 0.29) is 6.01 Å². The zero-order valence-corrected chi connectivity index (χ0v) is 12.1. The molecular weight excluding hydrogens is 244 g/mol. The first-order valence-corrected chi connectivity index (χ1v) is 6.96. The van der Waals surface area contributed by atoms with Crippen molar-refractivity contribution in [3.8, 4) is 12.0 Å². The highest BCUT2D eigenvalue weighted by Gasteiger charge is 2.06. The van der Waals surface area contributed by atoms with Gasteiger partial charge in [0, 0.05) is 6.54 Å². The molecule has 1 heterocycles. The number of nitrogens with one attached hydrogen (secondary N) is 1. The Balaban J connectivity index is 2.41. The van der Waals surface area contributed by atoms with Gasteiger partial charge in [-0.2, -0.15) is 9.97 Å². The topological polar surface area (TPSA) is 69.2 Å². The number of ether oxygens (including phenoxy) is 2. The second-order valence-corrected chi connectivity index (χ2v) is 4.22. The summed E-state index contributed by atoms with van der Waals surface area (Å²) >= 11 is 0. The number of aromatic nitrogens is 3. The molecule has 0 saturated carbocycles. The minimum absolute atomic E-state index is 0.270. The number of nitrogens with zero attached hydrogens (tertiary/aromatic N) is 3. The minimum Gasteiger partial charge on any atom is -0.467 e. The third-order valence-electron chi connectivity index (χ3n) is 2.59. The molecule has 0 bridgehead atoms. The van der Waals surface area contributed by atoms with Gasteiger partial charge in [0.15, 0.2) is 0 Å². The molecule has 108 valence electrons. The van der Waals surface area contributed by atoms with Crippen LogP contribution in [0.25, 0.3) is 0 Å². The zero-order chi connectivity index (χ0) is 13.9. The van der Waals surface area contributed by atoms with Gasteiger partial charge >= 0.3 is 12.0 Å². The summed E-state index contributed by atoms with van der Waals surface area (Å²) in [7, 11) is 1.53. The lowest BCUT2D eigenvalue weighted by molar-refractivity contribution is 0.272. The van der Waals surface area contributed by atoms with Crippen LogP contribution in [0.3, 0.4) is 0 Å². The third-order valence-corrected chi connectivity index (χ3v) is 2.59. The highest BCUT2D eigenvalue weighted by molar-refractivity contribution is 5.27. The van der Waals surface area contributed by atoms with Crippen LogP contribution in [-0.2, 0) is 0 Å². The lowest BCUT2D eigenvalue weighted by Gasteiger charge is -2.07. The van der Waals surface area contributed by atoms with Gasteiger partial charge in [0.05, 0.1) is 13.7 Å². The van der Waals surface area contributed by atoms with Crippen molar-refractivity contribution in [2.24, 2.45) is 0 Å². The highest BCUT2D eigenvalue weighted by Crippen LogP contribution is 2.13. The van der Waals surface area contributed by atoms with Gasteiger partial charge in [-0.05, 0) is 13.3 Å². The Morgan fingerprint density at radius 1 is 0.947 bits per heavy atom. The fourth-order valence-corrected chi connectivity index (χ4v) is 1.60. The van der Waals surface area contributed by atoms with Crippen LogP contribution < -0.4 is 14.8 Å². The number of anilines is 1. The van der Waals surface area contributed by atoms with Gasteiger partial charge in [-0.25, -0.2) is 0 Å². The number of unbranched alkanes of at least 4 members (excludes halogenated alkanes) is 4. The first-order chi connectivity index (χ1) is 9.30. The standard InChI is InChI=1S/C13H24N4O2/c1-4-6-7-8-9-10-19-13-16-11(14-5-2)15-12(17-13)18-3/h4-10H2,1-3H3,(H,14,15,16,17). The quantitative estimate of drug-likeness (QED) is 0.658. The molecule has 0 atom stereocenters. The van der Waals surface area contributed by atoms with E-state index in [0.29, 0.717) is 18.6 Å². The monoisotopic (exact) mass is 268 g/mol. The molecule has 0 aromatic carbocycles. The third kappa shape index (κ3) is 6.22. The van der Waals surface area contributed by atoms with E-state index < -0.39 is 0 Å². The molecule has 0 aliphatic rings. The van der Waals surface area contributed by atoms with E-state index in [2.05, 4.69) is 27.2 Å². The van der Waals surface area contributed by atoms with Crippen LogP contribution in [-0.4, -0.2) is 35.2 Å². The fourth-order valence-electron chi connectivity index (χ4n) is 1.60. The van der Waals surface area contributed by atoms with E-state index in [1.54, 1.807) is 0 Å². The van der Waals surface area contributed by atoms with Gasteiger partial charge in [-0.15, -0.1) is 4.98 Å². The summed E-state index contributed by atoms with van der Waals surface area (Å²) in [6, 6.07) is 0.588. The molecule has 0 fully saturated rings. The summed E-state index contributed by atoms with van der Waals surface area (Å²) in [5.41, 5.74) is 0. The average Bonchev–Trinajstić information content (AvgIpc) is 2.43. The van der Waals surface area contributed by atoms with E-state index in [4.69, 9.17) is 9.47 Å². The van der Waals surface area contributed by atoms with Crippen molar-refractivity contribution >= 4 is 5.95 Å². The zero-order valence-electron chi connectivity index (χ0n) is 12.1. The lowest BCUT2D eigenvalue weighted by Crippen LogP contribution is -2.08. The maximum Gasteiger partial charge on any atom is 0.324 e. The molecule has 0 unspecified atom stereocenters. The van der Waals surface area contributed by atoms with Gasteiger partial charge in [-0.3, -0.25) is 0 Å². The van der Waals surface area contributed by atoms with Crippen molar-refractivity contribution in [2.75, 3.05) is 25.6 Å². The molecule has 0 saturated heterocycles. The van der Waals surface area contributed by atoms with E-state index >= 15 is 0 Å². The Bertz CT molecular complexity index is 360. The van der Waals surface area contributed by atoms with E-state index in [1.165, 1.54) is 32.8 Å². The van der Waals surface area contributed by atoms with Crippen LogP contribution in [0.5, 0.6) is 12.0 Å². The van der Waals surface area contributed by atoms with Crippen LogP contribution in [0, 0.1) is 0 Å². The fraction of sp³-hybridized carbons (Fsp3) is 0.769. The molecule has 0 amide bonds. The molecule has 0 aliphatic heterocycles. The van der Waals surface area contributed by atoms with Crippen molar-refractivity contribution in [3.05, 3.63) is 0 Å². The predicted octanol–water partition coefficient (Wildman–Crippen LogP) is 2.66. The molecule has 1 aromatic rings. The molecular formula is C13H24N4O2. The SMILES string of the molecule is CCCCCCCOc1nc(NCC)nc(OC)n1. The van der Waals surface area contributed by atoms with E-state index in [9.17, 15) is 0 Å². The van der Waals surface area contributed by atoms with Crippen molar-refractivity contribution in [1.29, 1.82) is 0 Å². The second kappa shape index (κ2) is 9.35. The maximum atomic E-state index is 5.53. The Kier molecular flexibility index (Phi) is 7.62.